The Balaban J connectivity index is 2.28. The van der Waals surface area contributed by atoms with E-state index in [0.29, 0.717) is 17.3 Å². The summed E-state index contributed by atoms with van der Waals surface area (Å²) >= 11 is 0. The summed E-state index contributed by atoms with van der Waals surface area (Å²) in [4.78, 5) is 18.8. The highest BCUT2D eigenvalue weighted by atomic mass is 16.2. The van der Waals surface area contributed by atoms with Crippen LogP contribution in [0.15, 0.2) is 18.3 Å². The Bertz CT molecular complexity index is 531. The topological polar surface area (TPSA) is 53.4 Å². The zero-order valence-electron chi connectivity index (χ0n) is 11.8. The molecule has 1 N–H and O–H groups in total. The van der Waals surface area contributed by atoms with E-state index in [0.717, 1.165) is 25.8 Å². The van der Waals surface area contributed by atoms with Gasteiger partial charge in [-0.2, -0.15) is 0 Å². The number of carbonyl (C=O) groups is 1. The van der Waals surface area contributed by atoms with Crippen LogP contribution in [0.25, 0.3) is 0 Å². The minimum atomic E-state index is -0.218. The molecular formula is C16H20N2O2. The van der Waals surface area contributed by atoms with Crippen molar-refractivity contribution < 1.29 is 9.90 Å². The standard InChI is InChI=1S/C16H20N2O2/c1-2-14-9-3-4-11-18(14)16(20)15-13(8-6-12-19)7-5-10-17-15/h5,7,10,14,19H,2-4,9,11-12H2,1H3. The van der Waals surface area contributed by atoms with Crippen LogP contribution in [0.4, 0.5) is 0 Å². The van der Waals surface area contributed by atoms with Crippen molar-refractivity contribution in [1.29, 1.82) is 0 Å². The number of aliphatic hydroxyl groups excluding tert-OH is 1. The SMILES string of the molecule is CCC1CCCCN1C(=O)c1ncccc1C#CCO. The molecule has 0 spiro atoms. The number of hydrogen-bond acceptors (Lipinski definition) is 3. The van der Waals surface area contributed by atoms with Crippen molar-refractivity contribution in [2.24, 2.45) is 0 Å². The molecule has 20 heavy (non-hydrogen) atoms. The lowest BCUT2D eigenvalue weighted by atomic mass is 9.99. The first-order chi connectivity index (χ1) is 9.77. The maximum absolute atomic E-state index is 12.7. The molecule has 1 aromatic rings. The number of nitrogens with zero attached hydrogens (tertiary/aromatic N) is 2. The average Bonchev–Trinajstić information content (AvgIpc) is 2.52. The molecule has 106 valence electrons. The van der Waals surface area contributed by atoms with Crippen molar-refractivity contribution in [3.8, 4) is 11.8 Å². The second-order valence-electron chi connectivity index (χ2n) is 4.92. The third-order valence-electron chi connectivity index (χ3n) is 3.67. The predicted octanol–water partition coefficient (Wildman–Crippen LogP) is 1.83. The highest BCUT2D eigenvalue weighted by molar-refractivity contribution is 5.95. The molecule has 0 radical (unpaired) electrons. The van der Waals surface area contributed by atoms with Gasteiger partial charge in [0.1, 0.15) is 12.3 Å². The Kier molecular flexibility index (Phi) is 5.14. The van der Waals surface area contributed by atoms with E-state index >= 15 is 0 Å². The maximum Gasteiger partial charge on any atom is 0.273 e. The van der Waals surface area contributed by atoms with E-state index in [-0.39, 0.29) is 12.5 Å². The van der Waals surface area contributed by atoms with Crippen LogP contribution in [-0.4, -0.2) is 40.1 Å². The van der Waals surface area contributed by atoms with Crippen molar-refractivity contribution in [1.82, 2.24) is 9.88 Å². The van der Waals surface area contributed by atoms with Gasteiger partial charge in [-0.25, -0.2) is 4.98 Å². The Hall–Kier alpha value is -1.86. The first kappa shape index (κ1) is 14.5. The van der Waals surface area contributed by atoms with Crippen LogP contribution in [-0.2, 0) is 0 Å². The van der Waals surface area contributed by atoms with E-state index in [9.17, 15) is 4.79 Å². The number of aromatic nitrogens is 1. The van der Waals surface area contributed by atoms with Crippen LogP contribution >= 0.6 is 0 Å². The first-order valence-electron chi connectivity index (χ1n) is 7.13. The van der Waals surface area contributed by atoms with E-state index in [2.05, 4.69) is 23.7 Å². The first-order valence-corrected chi connectivity index (χ1v) is 7.13. The molecule has 1 fully saturated rings. The van der Waals surface area contributed by atoms with Crippen molar-refractivity contribution >= 4 is 5.91 Å². The summed E-state index contributed by atoms with van der Waals surface area (Å²) in [5, 5.41) is 8.80. The molecule has 1 aliphatic heterocycles. The van der Waals surface area contributed by atoms with E-state index in [1.54, 1.807) is 18.3 Å². The molecule has 0 saturated carbocycles. The molecule has 4 heteroatoms. The molecule has 1 aliphatic rings. The van der Waals surface area contributed by atoms with Crippen molar-refractivity contribution in [3.05, 3.63) is 29.6 Å². The van der Waals surface area contributed by atoms with Gasteiger partial charge >= 0.3 is 0 Å². The van der Waals surface area contributed by atoms with Gasteiger partial charge in [0, 0.05) is 18.8 Å². The maximum atomic E-state index is 12.7. The molecule has 0 bridgehead atoms. The minimum absolute atomic E-state index is 0.0422. The van der Waals surface area contributed by atoms with Gasteiger partial charge < -0.3 is 10.0 Å². The molecular weight excluding hydrogens is 252 g/mol. The van der Waals surface area contributed by atoms with Gasteiger partial charge in [0.15, 0.2) is 0 Å². The fourth-order valence-electron chi connectivity index (χ4n) is 2.64. The smallest absolute Gasteiger partial charge is 0.273 e. The highest BCUT2D eigenvalue weighted by Crippen LogP contribution is 2.22. The number of carbonyl (C=O) groups excluding carboxylic acids is 1. The van der Waals surface area contributed by atoms with Crippen LogP contribution in [0.5, 0.6) is 0 Å². The Morgan fingerprint density at radius 1 is 1.55 bits per heavy atom. The number of amides is 1. The second kappa shape index (κ2) is 7.06. The average molecular weight is 272 g/mol. The molecule has 1 atom stereocenters. The van der Waals surface area contributed by atoms with Gasteiger partial charge in [0.25, 0.3) is 5.91 Å². The summed E-state index contributed by atoms with van der Waals surface area (Å²) in [5.41, 5.74) is 0.987. The minimum Gasteiger partial charge on any atom is -0.384 e. The van der Waals surface area contributed by atoms with Crippen LogP contribution in [0.3, 0.4) is 0 Å². The molecule has 1 amide bonds. The summed E-state index contributed by atoms with van der Waals surface area (Å²) in [6, 6.07) is 3.83. The molecule has 0 aromatic carbocycles. The van der Waals surface area contributed by atoms with Crippen molar-refractivity contribution in [3.63, 3.8) is 0 Å². The highest BCUT2D eigenvalue weighted by Gasteiger charge is 2.27. The van der Waals surface area contributed by atoms with Gasteiger partial charge in [-0.05, 0) is 37.8 Å². The van der Waals surface area contributed by atoms with Gasteiger partial charge in [-0.3, -0.25) is 4.79 Å². The number of piperidine rings is 1. The lowest BCUT2D eigenvalue weighted by Crippen LogP contribution is -2.43. The van der Waals surface area contributed by atoms with E-state index in [1.165, 1.54) is 6.42 Å². The number of likely N-dealkylation sites (tertiary alicyclic amines) is 1. The molecule has 1 unspecified atom stereocenters. The van der Waals surface area contributed by atoms with E-state index in [4.69, 9.17) is 5.11 Å². The monoisotopic (exact) mass is 272 g/mol. The summed E-state index contributed by atoms with van der Waals surface area (Å²) < 4.78 is 0. The number of hydrogen-bond donors (Lipinski definition) is 1. The zero-order valence-corrected chi connectivity index (χ0v) is 11.8. The summed E-state index contributed by atoms with van der Waals surface area (Å²) in [6.45, 7) is 2.69. The summed E-state index contributed by atoms with van der Waals surface area (Å²) in [7, 11) is 0. The third-order valence-corrected chi connectivity index (χ3v) is 3.67. The number of rotatable bonds is 2. The zero-order chi connectivity index (χ0) is 14.4. The van der Waals surface area contributed by atoms with Crippen LogP contribution in [0.2, 0.25) is 0 Å². The Morgan fingerprint density at radius 3 is 3.15 bits per heavy atom. The van der Waals surface area contributed by atoms with Gasteiger partial charge in [-0.15, -0.1) is 0 Å². The van der Waals surface area contributed by atoms with Crippen molar-refractivity contribution in [2.75, 3.05) is 13.2 Å². The van der Waals surface area contributed by atoms with Gasteiger partial charge in [-0.1, -0.05) is 18.8 Å². The molecule has 4 nitrogen and oxygen atoms in total. The normalized spacial score (nSPS) is 18.3. The largest absolute Gasteiger partial charge is 0.384 e. The third kappa shape index (κ3) is 3.17. The van der Waals surface area contributed by atoms with Crippen LogP contribution in [0.1, 0.15) is 48.7 Å². The molecule has 0 aliphatic carbocycles. The lowest BCUT2D eigenvalue weighted by molar-refractivity contribution is 0.0601. The molecule has 2 heterocycles. The fourth-order valence-corrected chi connectivity index (χ4v) is 2.64. The van der Waals surface area contributed by atoms with Crippen LogP contribution in [0, 0.1) is 11.8 Å². The quantitative estimate of drug-likeness (QED) is 0.836. The fraction of sp³-hybridized carbons (Fsp3) is 0.500. The summed E-state index contributed by atoms with van der Waals surface area (Å²) in [5.74, 6) is 5.35. The number of aliphatic hydroxyl groups is 1. The van der Waals surface area contributed by atoms with Gasteiger partial charge in [0.05, 0.1) is 5.56 Å². The molecule has 1 saturated heterocycles. The molecule has 2 rings (SSSR count). The second-order valence-corrected chi connectivity index (χ2v) is 4.92. The lowest BCUT2D eigenvalue weighted by Gasteiger charge is -2.35. The van der Waals surface area contributed by atoms with Crippen LogP contribution < -0.4 is 0 Å². The van der Waals surface area contributed by atoms with E-state index < -0.39 is 0 Å². The Labute approximate surface area is 119 Å². The van der Waals surface area contributed by atoms with E-state index in [1.807, 2.05) is 4.90 Å². The molecule has 1 aromatic heterocycles. The Morgan fingerprint density at radius 2 is 2.40 bits per heavy atom. The number of pyridine rings is 1. The van der Waals surface area contributed by atoms with Gasteiger partial charge in [0.2, 0.25) is 0 Å². The summed E-state index contributed by atoms with van der Waals surface area (Å²) in [6.07, 6.45) is 5.87. The predicted molar refractivity (Wildman–Crippen MR) is 77.2 cm³/mol. The van der Waals surface area contributed by atoms with Crippen molar-refractivity contribution in [2.45, 2.75) is 38.6 Å².